The summed E-state index contributed by atoms with van der Waals surface area (Å²) in [6.45, 7) is 8.64. The van der Waals surface area contributed by atoms with E-state index in [1.807, 2.05) is 0 Å². The lowest BCUT2D eigenvalue weighted by Crippen LogP contribution is -2.52. The SMILES string of the molecule is Cc1ccc([C@H](C(=O)N2CCN(c3ncnc4c3[C@H](C)CC4)CC2)[C@@H]2CCCN2C)cc1. The summed E-state index contributed by atoms with van der Waals surface area (Å²) in [5, 5.41) is 0. The van der Waals surface area contributed by atoms with Crippen molar-refractivity contribution in [1.29, 1.82) is 0 Å². The number of carbonyl (C=O) groups excluding carboxylic acids is 1. The van der Waals surface area contributed by atoms with Crippen LogP contribution in [0.2, 0.25) is 0 Å². The van der Waals surface area contributed by atoms with Crippen LogP contribution in [0.5, 0.6) is 0 Å². The van der Waals surface area contributed by atoms with Gasteiger partial charge in [0.25, 0.3) is 0 Å². The van der Waals surface area contributed by atoms with E-state index in [0.717, 1.165) is 63.4 Å². The van der Waals surface area contributed by atoms with Gasteiger partial charge in [-0.1, -0.05) is 36.8 Å². The first kappa shape index (κ1) is 21.4. The van der Waals surface area contributed by atoms with Crippen molar-refractivity contribution < 1.29 is 4.79 Å². The number of hydrogen-bond donors (Lipinski definition) is 0. The summed E-state index contributed by atoms with van der Waals surface area (Å²) in [7, 11) is 2.17. The third-order valence-electron chi connectivity index (χ3n) is 7.81. The van der Waals surface area contributed by atoms with Crippen molar-refractivity contribution >= 4 is 11.7 Å². The highest BCUT2D eigenvalue weighted by molar-refractivity contribution is 5.85. The van der Waals surface area contributed by atoms with Crippen LogP contribution in [-0.2, 0) is 11.2 Å². The van der Waals surface area contributed by atoms with Gasteiger partial charge >= 0.3 is 0 Å². The van der Waals surface area contributed by atoms with E-state index in [9.17, 15) is 4.79 Å². The van der Waals surface area contributed by atoms with Gasteiger partial charge in [-0.3, -0.25) is 4.79 Å². The van der Waals surface area contributed by atoms with E-state index in [4.69, 9.17) is 0 Å². The number of piperazine rings is 1. The Labute approximate surface area is 191 Å². The molecule has 3 atom stereocenters. The Bertz CT molecular complexity index is 967. The molecule has 0 bridgehead atoms. The Morgan fingerprint density at radius 1 is 1.03 bits per heavy atom. The standard InChI is InChI=1S/C26H35N5O/c1-18-6-9-20(10-7-18)24(22-5-4-12-29(22)3)26(32)31-15-13-30(14-16-31)25-23-19(2)8-11-21(23)27-17-28-25/h6-7,9-10,17,19,22,24H,4-5,8,11-16H2,1-3H3/t19-,22+,24+/m1/s1. The number of aromatic nitrogens is 2. The number of amides is 1. The van der Waals surface area contributed by atoms with Gasteiger partial charge < -0.3 is 14.7 Å². The molecule has 6 nitrogen and oxygen atoms in total. The monoisotopic (exact) mass is 433 g/mol. The number of hydrogen-bond acceptors (Lipinski definition) is 5. The molecule has 170 valence electrons. The van der Waals surface area contributed by atoms with Gasteiger partial charge in [0.05, 0.1) is 5.92 Å². The second kappa shape index (κ2) is 8.81. The lowest BCUT2D eigenvalue weighted by atomic mass is 9.88. The second-order valence-corrected chi connectivity index (χ2v) is 9.89. The van der Waals surface area contributed by atoms with Crippen LogP contribution >= 0.6 is 0 Å². The van der Waals surface area contributed by atoms with E-state index >= 15 is 0 Å². The topological polar surface area (TPSA) is 52.6 Å². The molecular formula is C26H35N5O. The molecule has 1 aromatic carbocycles. The Balaban J connectivity index is 1.33. The van der Waals surface area contributed by atoms with E-state index in [0.29, 0.717) is 5.92 Å². The summed E-state index contributed by atoms with van der Waals surface area (Å²) >= 11 is 0. The van der Waals surface area contributed by atoms with Crippen molar-refractivity contribution in [3.05, 3.63) is 53.0 Å². The fourth-order valence-electron chi connectivity index (χ4n) is 5.87. The van der Waals surface area contributed by atoms with Crippen LogP contribution in [0.4, 0.5) is 5.82 Å². The van der Waals surface area contributed by atoms with Crippen LogP contribution in [-0.4, -0.2) is 71.5 Å². The van der Waals surface area contributed by atoms with Gasteiger partial charge in [0, 0.05) is 43.5 Å². The zero-order valence-corrected chi connectivity index (χ0v) is 19.6. The van der Waals surface area contributed by atoms with Crippen LogP contribution in [0.25, 0.3) is 0 Å². The lowest BCUT2D eigenvalue weighted by Gasteiger charge is -2.39. The quantitative estimate of drug-likeness (QED) is 0.740. The van der Waals surface area contributed by atoms with Gasteiger partial charge in [0.1, 0.15) is 12.1 Å². The zero-order chi connectivity index (χ0) is 22.2. The summed E-state index contributed by atoms with van der Waals surface area (Å²) < 4.78 is 0. The summed E-state index contributed by atoms with van der Waals surface area (Å²) in [5.74, 6) is 1.81. The first-order valence-electron chi connectivity index (χ1n) is 12.2. The van der Waals surface area contributed by atoms with Crippen molar-refractivity contribution in [2.45, 2.75) is 57.4 Å². The lowest BCUT2D eigenvalue weighted by molar-refractivity contribution is -0.134. The number of rotatable bonds is 4. The molecule has 2 fully saturated rings. The molecule has 0 N–H and O–H groups in total. The molecule has 2 aliphatic heterocycles. The molecule has 0 saturated carbocycles. The molecule has 0 unspecified atom stereocenters. The highest BCUT2D eigenvalue weighted by Gasteiger charge is 2.38. The highest BCUT2D eigenvalue weighted by Crippen LogP contribution is 2.37. The highest BCUT2D eigenvalue weighted by atomic mass is 16.2. The van der Waals surface area contributed by atoms with E-state index in [1.165, 1.54) is 23.2 Å². The number of carbonyl (C=O) groups is 1. The molecule has 1 aliphatic carbocycles. The maximum atomic E-state index is 13.9. The van der Waals surface area contributed by atoms with Gasteiger partial charge in [-0.25, -0.2) is 9.97 Å². The molecule has 2 saturated heterocycles. The summed E-state index contributed by atoms with van der Waals surface area (Å²) in [6, 6.07) is 8.88. The van der Waals surface area contributed by atoms with Gasteiger partial charge in [0.15, 0.2) is 0 Å². The number of aryl methyl sites for hydroxylation is 2. The molecular weight excluding hydrogens is 398 g/mol. The minimum Gasteiger partial charge on any atom is -0.353 e. The largest absolute Gasteiger partial charge is 0.353 e. The average Bonchev–Trinajstić information content (AvgIpc) is 3.41. The van der Waals surface area contributed by atoms with Crippen molar-refractivity contribution in [2.24, 2.45) is 0 Å². The average molecular weight is 434 g/mol. The molecule has 2 aromatic rings. The van der Waals surface area contributed by atoms with E-state index < -0.39 is 0 Å². The van der Waals surface area contributed by atoms with Crippen molar-refractivity contribution in [3.63, 3.8) is 0 Å². The smallest absolute Gasteiger partial charge is 0.231 e. The number of likely N-dealkylation sites (N-methyl/N-ethyl adjacent to an activating group) is 1. The molecule has 3 aliphatic rings. The maximum Gasteiger partial charge on any atom is 0.231 e. The third-order valence-corrected chi connectivity index (χ3v) is 7.81. The first-order chi connectivity index (χ1) is 15.5. The maximum absolute atomic E-state index is 13.9. The van der Waals surface area contributed by atoms with Crippen LogP contribution in [0, 0.1) is 6.92 Å². The fraction of sp³-hybridized carbons (Fsp3) is 0.577. The van der Waals surface area contributed by atoms with Gasteiger partial charge in [-0.15, -0.1) is 0 Å². The molecule has 32 heavy (non-hydrogen) atoms. The number of benzene rings is 1. The first-order valence-corrected chi connectivity index (χ1v) is 12.2. The Morgan fingerprint density at radius 2 is 1.78 bits per heavy atom. The predicted molar refractivity (Wildman–Crippen MR) is 127 cm³/mol. The van der Waals surface area contributed by atoms with Gasteiger partial charge in [-0.2, -0.15) is 0 Å². The minimum atomic E-state index is -0.0852. The summed E-state index contributed by atoms with van der Waals surface area (Å²) in [5.41, 5.74) is 4.94. The Kier molecular flexibility index (Phi) is 5.89. The normalized spacial score (nSPS) is 24.6. The Hall–Kier alpha value is -2.47. The fourth-order valence-corrected chi connectivity index (χ4v) is 5.87. The number of nitrogens with zero attached hydrogens (tertiary/aromatic N) is 5. The van der Waals surface area contributed by atoms with Gasteiger partial charge in [-0.05, 0) is 57.7 Å². The molecule has 0 radical (unpaired) electrons. The van der Waals surface area contributed by atoms with Gasteiger partial charge in [0.2, 0.25) is 5.91 Å². The molecule has 3 heterocycles. The van der Waals surface area contributed by atoms with E-state index in [2.05, 4.69) is 69.8 Å². The van der Waals surface area contributed by atoms with Crippen LogP contribution in [0.3, 0.4) is 0 Å². The van der Waals surface area contributed by atoms with Crippen molar-refractivity contribution in [1.82, 2.24) is 19.8 Å². The van der Waals surface area contributed by atoms with Crippen molar-refractivity contribution in [3.8, 4) is 0 Å². The molecule has 1 amide bonds. The van der Waals surface area contributed by atoms with Crippen LogP contribution < -0.4 is 4.90 Å². The second-order valence-electron chi connectivity index (χ2n) is 9.89. The predicted octanol–water partition coefficient (Wildman–Crippen LogP) is 3.36. The van der Waals surface area contributed by atoms with E-state index in [1.54, 1.807) is 6.33 Å². The molecule has 5 rings (SSSR count). The number of anilines is 1. The summed E-state index contributed by atoms with van der Waals surface area (Å²) in [6.07, 6.45) is 6.19. The van der Waals surface area contributed by atoms with Crippen LogP contribution in [0.15, 0.2) is 30.6 Å². The molecule has 6 heteroatoms. The number of fused-ring (bicyclic) bond motifs is 1. The Morgan fingerprint density at radius 3 is 2.47 bits per heavy atom. The van der Waals surface area contributed by atoms with Crippen molar-refractivity contribution in [2.75, 3.05) is 44.7 Å². The molecule has 1 aromatic heterocycles. The number of likely N-dealkylation sites (tertiary alicyclic amines) is 1. The van der Waals surface area contributed by atoms with E-state index in [-0.39, 0.29) is 17.9 Å². The zero-order valence-electron chi connectivity index (χ0n) is 19.6. The summed E-state index contributed by atoms with van der Waals surface area (Å²) in [4.78, 5) is 29.9. The minimum absolute atomic E-state index is 0.0852. The molecule has 0 spiro atoms. The van der Waals surface area contributed by atoms with Crippen LogP contribution in [0.1, 0.15) is 60.4 Å². The third kappa shape index (κ3) is 3.90.